The van der Waals surface area contributed by atoms with E-state index in [0.717, 1.165) is 10.8 Å². The number of hydrogen-bond donors (Lipinski definition) is 1. The summed E-state index contributed by atoms with van der Waals surface area (Å²) in [6.45, 7) is -0.413. The molecule has 0 bridgehead atoms. The molecule has 0 unspecified atom stereocenters. The van der Waals surface area contributed by atoms with Crippen LogP contribution in [0.2, 0.25) is 0 Å². The molecule has 30 heavy (non-hydrogen) atoms. The Bertz CT molecular complexity index is 1190. The van der Waals surface area contributed by atoms with Crippen molar-refractivity contribution < 1.29 is 19.1 Å². The summed E-state index contributed by atoms with van der Waals surface area (Å²) in [5.74, 6) is -0.260. The molecule has 4 aromatic rings. The van der Waals surface area contributed by atoms with Gasteiger partial charge >= 0.3 is 5.97 Å². The summed E-state index contributed by atoms with van der Waals surface area (Å²) in [6.07, 6.45) is 3.17. The van der Waals surface area contributed by atoms with E-state index in [1.54, 1.807) is 54.9 Å². The summed E-state index contributed by atoms with van der Waals surface area (Å²) in [6, 6.07) is 23.5. The van der Waals surface area contributed by atoms with Crippen LogP contribution < -0.4 is 10.1 Å². The maximum absolute atomic E-state index is 12.5. The number of nitrogens with one attached hydrogen (secondary N) is 1. The van der Waals surface area contributed by atoms with Crippen molar-refractivity contribution in [2.24, 2.45) is 0 Å². The Morgan fingerprint density at radius 3 is 2.53 bits per heavy atom. The molecule has 0 fully saturated rings. The van der Waals surface area contributed by atoms with E-state index in [1.807, 2.05) is 36.4 Å². The minimum atomic E-state index is -0.650. The second kappa shape index (κ2) is 8.87. The average molecular weight is 398 g/mol. The molecule has 1 amide bonds. The van der Waals surface area contributed by atoms with E-state index < -0.39 is 18.5 Å². The van der Waals surface area contributed by atoms with Gasteiger partial charge in [-0.1, -0.05) is 48.5 Å². The molecule has 148 valence electrons. The van der Waals surface area contributed by atoms with E-state index >= 15 is 0 Å². The minimum absolute atomic E-state index is 0.222. The smallest absolute Gasteiger partial charge is 0.342 e. The summed E-state index contributed by atoms with van der Waals surface area (Å²) in [5, 5.41) is 4.71. The first-order valence-electron chi connectivity index (χ1n) is 9.32. The Morgan fingerprint density at radius 2 is 1.67 bits per heavy atom. The monoisotopic (exact) mass is 398 g/mol. The molecule has 6 nitrogen and oxygen atoms in total. The van der Waals surface area contributed by atoms with Crippen LogP contribution in [0.15, 0.2) is 91.3 Å². The second-order valence-electron chi connectivity index (χ2n) is 6.44. The highest BCUT2D eigenvalue weighted by molar-refractivity contribution is 6.03. The topological polar surface area (TPSA) is 77.5 Å². The van der Waals surface area contributed by atoms with E-state index in [0.29, 0.717) is 17.2 Å². The lowest BCUT2D eigenvalue weighted by atomic mass is 10.1. The molecule has 4 rings (SSSR count). The molecule has 0 radical (unpaired) electrons. The summed E-state index contributed by atoms with van der Waals surface area (Å²) in [4.78, 5) is 28.8. The van der Waals surface area contributed by atoms with Gasteiger partial charge < -0.3 is 14.8 Å². The predicted molar refractivity (Wildman–Crippen MR) is 114 cm³/mol. The van der Waals surface area contributed by atoms with Gasteiger partial charge in [0, 0.05) is 17.3 Å². The van der Waals surface area contributed by atoms with Crippen molar-refractivity contribution in [1.29, 1.82) is 0 Å². The molecule has 1 aromatic heterocycles. The zero-order chi connectivity index (χ0) is 20.8. The van der Waals surface area contributed by atoms with Crippen LogP contribution in [0.4, 0.5) is 5.69 Å². The van der Waals surface area contributed by atoms with Gasteiger partial charge in [-0.05, 0) is 35.7 Å². The molecule has 0 saturated carbocycles. The van der Waals surface area contributed by atoms with Crippen LogP contribution in [-0.4, -0.2) is 23.5 Å². The zero-order valence-electron chi connectivity index (χ0n) is 15.9. The van der Waals surface area contributed by atoms with Crippen LogP contribution >= 0.6 is 0 Å². The summed E-state index contributed by atoms with van der Waals surface area (Å²) in [5.41, 5.74) is 0.883. The standard InChI is InChI=1S/C24H18N2O4/c27-23(26-21-12-5-8-17-7-1-2-10-19(17)21)16-29-24(28)20-11-3-4-13-22(20)30-18-9-6-14-25-15-18/h1-15H,16H2,(H,26,27). The van der Waals surface area contributed by atoms with Crippen molar-refractivity contribution in [3.05, 3.63) is 96.8 Å². The van der Waals surface area contributed by atoms with E-state index in [1.165, 1.54) is 0 Å². The molecular formula is C24H18N2O4. The number of nitrogens with zero attached hydrogens (tertiary/aromatic N) is 1. The first-order valence-corrected chi connectivity index (χ1v) is 9.32. The quantitative estimate of drug-likeness (QED) is 0.471. The Kier molecular flexibility index (Phi) is 5.66. The van der Waals surface area contributed by atoms with Crippen molar-refractivity contribution in [3.63, 3.8) is 0 Å². The normalized spacial score (nSPS) is 10.4. The number of benzene rings is 3. The van der Waals surface area contributed by atoms with Gasteiger partial charge in [-0.2, -0.15) is 0 Å². The number of hydrogen-bond acceptors (Lipinski definition) is 5. The molecule has 1 N–H and O–H groups in total. The highest BCUT2D eigenvalue weighted by Crippen LogP contribution is 2.25. The van der Waals surface area contributed by atoms with Gasteiger partial charge in [0.2, 0.25) is 0 Å². The third-order valence-corrected chi connectivity index (χ3v) is 4.37. The first kappa shape index (κ1) is 19.1. The number of carbonyl (C=O) groups excluding carboxylic acids is 2. The Balaban J connectivity index is 1.42. The Hall–Kier alpha value is -4.19. The maximum Gasteiger partial charge on any atom is 0.342 e. The lowest BCUT2D eigenvalue weighted by Crippen LogP contribution is -2.21. The van der Waals surface area contributed by atoms with Crippen LogP contribution in [0, 0.1) is 0 Å². The average Bonchev–Trinajstić information content (AvgIpc) is 2.79. The van der Waals surface area contributed by atoms with E-state index in [4.69, 9.17) is 9.47 Å². The van der Waals surface area contributed by atoms with Crippen LogP contribution in [0.5, 0.6) is 11.5 Å². The van der Waals surface area contributed by atoms with Crippen molar-refractivity contribution >= 4 is 28.3 Å². The lowest BCUT2D eigenvalue weighted by molar-refractivity contribution is -0.119. The van der Waals surface area contributed by atoms with Crippen LogP contribution in [0.25, 0.3) is 10.8 Å². The highest BCUT2D eigenvalue weighted by Gasteiger charge is 2.16. The van der Waals surface area contributed by atoms with Gasteiger partial charge in [0.25, 0.3) is 5.91 Å². The van der Waals surface area contributed by atoms with Crippen molar-refractivity contribution in [1.82, 2.24) is 4.98 Å². The van der Waals surface area contributed by atoms with Crippen LogP contribution in [0.3, 0.4) is 0 Å². The van der Waals surface area contributed by atoms with Crippen molar-refractivity contribution in [2.75, 3.05) is 11.9 Å². The number of rotatable bonds is 6. The molecule has 0 aliphatic rings. The summed E-state index contributed by atoms with van der Waals surface area (Å²) >= 11 is 0. The molecular weight excluding hydrogens is 380 g/mol. The highest BCUT2D eigenvalue weighted by atomic mass is 16.5. The third kappa shape index (κ3) is 4.44. The minimum Gasteiger partial charge on any atom is -0.455 e. The zero-order valence-corrected chi connectivity index (χ0v) is 15.9. The second-order valence-corrected chi connectivity index (χ2v) is 6.44. The number of anilines is 1. The van der Waals surface area contributed by atoms with Gasteiger partial charge in [0.15, 0.2) is 6.61 Å². The first-order chi connectivity index (χ1) is 14.7. The van der Waals surface area contributed by atoms with Gasteiger partial charge in [0.05, 0.1) is 6.20 Å². The molecule has 0 aliphatic heterocycles. The largest absolute Gasteiger partial charge is 0.455 e. The van der Waals surface area contributed by atoms with E-state index in [9.17, 15) is 9.59 Å². The fourth-order valence-corrected chi connectivity index (χ4v) is 2.99. The van der Waals surface area contributed by atoms with Gasteiger partial charge in [-0.15, -0.1) is 0 Å². The van der Waals surface area contributed by atoms with Gasteiger partial charge in [-0.3, -0.25) is 9.78 Å². The lowest BCUT2D eigenvalue weighted by Gasteiger charge is -2.11. The number of amides is 1. The fraction of sp³-hybridized carbons (Fsp3) is 0.0417. The molecule has 0 spiro atoms. The van der Waals surface area contributed by atoms with E-state index in [-0.39, 0.29) is 5.56 Å². The Labute approximate surface area is 173 Å². The Morgan fingerprint density at radius 1 is 0.867 bits per heavy atom. The number of aromatic nitrogens is 1. The number of fused-ring (bicyclic) bond motifs is 1. The van der Waals surface area contributed by atoms with Crippen LogP contribution in [0.1, 0.15) is 10.4 Å². The number of carbonyl (C=O) groups is 2. The molecule has 0 aliphatic carbocycles. The summed E-state index contributed by atoms with van der Waals surface area (Å²) < 4.78 is 10.9. The molecule has 1 heterocycles. The molecule has 3 aromatic carbocycles. The third-order valence-electron chi connectivity index (χ3n) is 4.37. The predicted octanol–water partition coefficient (Wildman–Crippen LogP) is 4.82. The molecule has 0 atom stereocenters. The fourth-order valence-electron chi connectivity index (χ4n) is 2.99. The number of esters is 1. The van der Waals surface area contributed by atoms with Gasteiger partial charge in [0.1, 0.15) is 17.1 Å². The van der Waals surface area contributed by atoms with Crippen molar-refractivity contribution in [3.8, 4) is 11.5 Å². The number of pyridine rings is 1. The maximum atomic E-state index is 12.5. The SMILES string of the molecule is O=C(COC(=O)c1ccccc1Oc1cccnc1)Nc1cccc2ccccc12. The number of para-hydroxylation sites is 1. The van der Waals surface area contributed by atoms with Crippen molar-refractivity contribution in [2.45, 2.75) is 0 Å². The molecule has 0 saturated heterocycles. The van der Waals surface area contributed by atoms with Gasteiger partial charge in [-0.25, -0.2) is 4.79 Å². The molecule has 6 heteroatoms. The van der Waals surface area contributed by atoms with E-state index in [2.05, 4.69) is 10.3 Å². The number of ether oxygens (including phenoxy) is 2. The van der Waals surface area contributed by atoms with Crippen LogP contribution in [-0.2, 0) is 9.53 Å². The summed E-state index contributed by atoms with van der Waals surface area (Å²) in [7, 11) is 0.